The first-order chi connectivity index (χ1) is 13.7. The highest BCUT2D eigenvalue weighted by Crippen LogP contribution is 2.31. The van der Waals surface area contributed by atoms with Crippen molar-refractivity contribution in [1.82, 2.24) is 15.2 Å². The van der Waals surface area contributed by atoms with E-state index in [1.807, 2.05) is 0 Å². The molecule has 1 aromatic heterocycles. The Morgan fingerprint density at radius 1 is 1.14 bits per heavy atom. The number of aromatic nitrogens is 3. The van der Waals surface area contributed by atoms with Crippen LogP contribution in [-0.2, 0) is 11.3 Å². The van der Waals surface area contributed by atoms with Crippen molar-refractivity contribution in [3.05, 3.63) is 77.6 Å². The van der Waals surface area contributed by atoms with Gasteiger partial charge in [0.2, 0.25) is 11.6 Å². The first-order valence-electron chi connectivity index (χ1n) is 8.37. The van der Waals surface area contributed by atoms with Crippen molar-refractivity contribution < 1.29 is 23.4 Å². The smallest absolute Gasteiger partial charge is 0.224 e. The molecule has 0 saturated carbocycles. The number of hydrogen-bond acceptors (Lipinski definition) is 6. The summed E-state index contributed by atoms with van der Waals surface area (Å²) in [5.74, 6) is 0.356. The molecule has 0 spiro atoms. The van der Waals surface area contributed by atoms with Gasteiger partial charge in [-0.25, -0.2) is 9.37 Å². The van der Waals surface area contributed by atoms with E-state index in [0.29, 0.717) is 17.1 Å². The minimum absolute atomic E-state index is 0.0388. The van der Waals surface area contributed by atoms with E-state index in [-0.39, 0.29) is 30.8 Å². The van der Waals surface area contributed by atoms with Crippen LogP contribution in [0.2, 0.25) is 0 Å². The minimum Gasteiger partial charge on any atom is -0.488 e. The van der Waals surface area contributed by atoms with Gasteiger partial charge in [0.05, 0.1) is 5.56 Å². The maximum atomic E-state index is 13.1. The number of carbonyl (C=O) groups excluding carboxylic acids is 1. The Kier molecular flexibility index (Phi) is 6.48. The number of benzene rings is 2. The Labute approximate surface area is 160 Å². The zero-order valence-corrected chi connectivity index (χ0v) is 15.1. The predicted molar refractivity (Wildman–Crippen MR) is 99.4 cm³/mol. The molecule has 3 aromatic rings. The summed E-state index contributed by atoms with van der Waals surface area (Å²) in [6.45, 7) is 0.265. The Bertz CT molecular complexity index is 941. The number of methoxy groups -OCH3 is 1. The van der Waals surface area contributed by atoms with Crippen LogP contribution in [0.5, 0.6) is 11.5 Å². The number of allylic oxidation sites excluding steroid dienone is 1. The third kappa shape index (κ3) is 5.01. The molecule has 0 unspecified atom stereocenters. The summed E-state index contributed by atoms with van der Waals surface area (Å²) in [6, 6.07) is 11.3. The fourth-order valence-corrected chi connectivity index (χ4v) is 2.37. The van der Waals surface area contributed by atoms with Crippen LogP contribution in [0.1, 0.15) is 21.7 Å². The monoisotopic (exact) mass is 383 g/mol. The third-order valence-corrected chi connectivity index (χ3v) is 3.70. The highest BCUT2D eigenvalue weighted by molar-refractivity contribution is 6.04. The summed E-state index contributed by atoms with van der Waals surface area (Å²) in [5, 5.41) is 6.25. The summed E-state index contributed by atoms with van der Waals surface area (Å²) < 4.78 is 29.4. The van der Waals surface area contributed by atoms with E-state index in [4.69, 9.17) is 14.2 Å². The van der Waals surface area contributed by atoms with Crippen molar-refractivity contribution in [2.75, 3.05) is 13.9 Å². The van der Waals surface area contributed by atoms with Crippen LogP contribution in [0.15, 0.2) is 54.9 Å². The highest BCUT2D eigenvalue weighted by atomic mass is 19.1. The average Bonchev–Trinajstić information content (AvgIpc) is 3.25. The SMILES string of the molecule is COCOc1cccc(OCc2ccc(F)cc2)c1C=CC(=O)c1nc[nH]n1. The molecule has 0 aliphatic carbocycles. The summed E-state index contributed by atoms with van der Waals surface area (Å²) >= 11 is 0. The largest absolute Gasteiger partial charge is 0.488 e. The number of carbonyl (C=O) groups is 1. The molecular weight excluding hydrogens is 365 g/mol. The molecule has 0 fully saturated rings. The van der Waals surface area contributed by atoms with Crippen molar-refractivity contribution in [2.24, 2.45) is 0 Å². The van der Waals surface area contributed by atoms with Crippen molar-refractivity contribution in [3.63, 3.8) is 0 Å². The van der Waals surface area contributed by atoms with Crippen LogP contribution in [-0.4, -0.2) is 34.9 Å². The van der Waals surface area contributed by atoms with E-state index in [9.17, 15) is 9.18 Å². The molecule has 8 heteroatoms. The van der Waals surface area contributed by atoms with Gasteiger partial charge < -0.3 is 14.2 Å². The van der Waals surface area contributed by atoms with E-state index >= 15 is 0 Å². The zero-order chi connectivity index (χ0) is 19.8. The lowest BCUT2D eigenvalue weighted by Crippen LogP contribution is -2.03. The Morgan fingerprint density at radius 2 is 1.89 bits per heavy atom. The number of nitrogens with zero attached hydrogens (tertiary/aromatic N) is 2. The molecule has 1 N–H and O–H groups in total. The molecule has 1 heterocycles. The Morgan fingerprint density at radius 3 is 2.57 bits per heavy atom. The number of aromatic amines is 1. The second-order valence-corrected chi connectivity index (χ2v) is 5.65. The first-order valence-corrected chi connectivity index (χ1v) is 8.37. The van der Waals surface area contributed by atoms with Crippen LogP contribution in [0.3, 0.4) is 0 Å². The lowest BCUT2D eigenvalue weighted by atomic mass is 10.1. The van der Waals surface area contributed by atoms with E-state index in [1.165, 1.54) is 31.6 Å². The molecule has 0 radical (unpaired) electrons. The van der Waals surface area contributed by atoms with Crippen molar-refractivity contribution in [3.8, 4) is 11.5 Å². The Balaban J connectivity index is 1.83. The van der Waals surface area contributed by atoms with Crippen LogP contribution in [0.25, 0.3) is 6.08 Å². The molecular formula is C20H18FN3O4. The van der Waals surface area contributed by atoms with Gasteiger partial charge in [0, 0.05) is 7.11 Å². The molecule has 7 nitrogen and oxygen atoms in total. The lowest BCUT2D eigenvalue weighted by Gasteiger charge is -2.14. The molecule has 0 atom stereocenters. The number of halogens is 1. The minimum atomic E-state index is -0.368. The van der Waals surface area contributed by atoms with Gasteiger partial charge in [-0.1, -0.05) is 18.2 Å². The second kappa shape index (κ2) is 9.43. The number of ketones is 1. The van der Waals surface area contributed by atoms with Crippen LogP contribution in [0.4, 0.5) is 4.39 Å². The molecule has 0 amide bonds. The molecule has 0 aliphatic heterocycles. The van der Waals surface area contributed by atoms with Gasteiger partial charge in [0.25, 0.3) is 0 Å². The highest BCUT2D eigenvalue weighted by Gasteiger charge is 2.11. The maximum absolute atomic E-state index is 13.1. The summed E-state index contributed by atoms with van der Waals surface area (Å²) in [4.78, 5) is 16.0. The molecule has 0 saturated heterocycles. The fourth-order valence-electron chi connectivity index (χ4n) is 2.37. The fraction of sp³-hybridized carbons (Fsp3) is 0.150. The normalized spacial score (nSPS) is 10.9. The number of H-pyrrole nitrogens is 1. The summed E-state index contributed by atoms with van der Waals surface area (Å²) in [5.41, 5.74) is 1.36. The maximum Gasteiger partial charge on any atom is 0.224 e. The quantitative estimate of drug-likeness (QED) is 0.346. The Hall–Kier alpha value is -3.52. The number of hydrogen-bond donors (Lipinski definition) is 1. The van der Waals surface area contributed by atoms with Crippen LogP contribution < -0.4 is 9.47 Å². The second-order valence-electron chi connectivity index (χ2n) is 5.65. The molecule has 0 aliphatic rings. The van der Waals surface area contributed by atoms with Gasteiger partial charge in [-0.05, 0) is 42.0 Å². The van der Waals surface area contributed by atoms with E-state index in [1.54, 1.807) is 36.4 Å². The van der Waals surface area contributed by atoms with Gasteiger partial charge >= 0.3 is 0 Å². The lowest BCUT2D eigenvalue weighted by molar-refractivity contribution is 0.0507. The van der Waals surface area contributed by atoms with Crippen LogP contribution >= 0.6 is 0 Å². The van der Waals surface area contributed by atoms with Crippen molar-refractivity contribution in [1.29, 1.82) is 0 Å². The zero-order valence-electron chi connectivity index (χ0n) is 15.1. The van der Waals surface area contributed by atoms with Crippen molar-refractivity contribution in [2.45, 2.75) is 6.61 Å². The van der Waals surface area contributed by atoms with Crippen LogP contribution in [0, 0.1) is 5.82 Å². The van der Waals surface area contributed by atoms with E-state index in [0.717, 1.165) is 5.56 Å². The van der Waals surface area contributed by atoms with E-state index in [2.05, 4.69) is 15.2 Å². The molecule has 3 rings (SSSR count). The van der Waals surface area contributed by atoms with Gasteiger partial charge in [-0.15, -0.1) is 0 Å². The molecule has 2 aromatic carbocycles. The summed E-state index contributed by atoms with van der Waals surface area (Å²) in [7, 11) is 1.51. The van der Waals surface area contributed by atoms with Gasteiger partial charge in [0.1, 0.15) is 30.3 Å². The molecule has 28 heavy (non-hydrogen) atoms. The third-order valence-electron chi connectivity index (χ3n) is 3.70. The molecule has 144 valence electrons. The van der Waals surface area contributed by atoms with Crippen molar-refractivity contribution >= 4 is 11.9 Å². The first kappa shape index (κ1) is 19.2. The predicted octanol–water partition coefficient (Wildman–Crippen LogP) is 3.40. The average molecular weight is 383 g/mol. The molecule has 0 bridgehead atoms. The van der Waals surface area contributed by atoms with Gasteiger partial charge in [0.15, 0.2) is 6.79 Å². The van der Waals surface area contributed by atoms with E-state index < -0.39 is 0 Å². The topological polar surface area (TPSA) is 86.3 Å². The summed E-state index contributed by atoms with van der Waals surface area (Å²) in [6.07, 6.45) is 4.24. The number of ether oxygens (including phenoxy) is 3. The standard InChI is InChI=1S/C20H18FN3O4/c1-26-13-28-19-4-2-3-18(27-11-14-5-7-15(21)8-6-14)16(19)9-10-17(25)20-22-12-23-24-20/h2-10,12H,11,13H2,1H3,(H,22,23,24). The van der Waals surface area contributed by atoms with Gasteiger partial charge in [-0.3, -0.25) is 9.89 Å². The van der Waals surface area contributed by atoms with Gasteiger partial charge in [-0.2, -0.15) is 5.10 Å². The number of rotatable bonds is 9. The number of nitrogens with one attached hydrogen (secondary N) is 1.